The summed E-state index contributed by atoms with van der Waals surface area (Å²) < 4.78 is 6.86. The Bertz CT molecular complexity index is 678. The van der Waals surface area contributed by atoms with Crippen molar-refractivity contribution in [2.45, 2.75) is 13.5 Å². The Labute approximate surface area is 129 Å². The lowest BCUT2D eigenvalue weighted by Gasteiger charge is -2.26. The second kappa shape index (κ2) is 6.81. The maximum atomic E-state index is 12.2. The molecule has 6 nitrogen and oxygen atoms in total. The zero-order chi connectivity index (χ0) is 15.4. The van der Waals surface area contributed by atoms with Crippen molar-refractivity contribution >= 4 is 0 Å². The molecule has 3 rings (SSSR count). The summed E-state index contributed by atoms with van der Waals surface area (Å²) in [6.07, 6.45) is 0. The number of ether oxygens (including phenoxy) is 1. The highest BCUT2D eigenvalue weighted by Gasteiger charge is 2.12. The van der Waals surface area contributed by atoms with Gasteiger partial charge in [-0.25, -0.2) is 9.67 Å². The first kappa shape index (κ1) is 14.9. The van der Waals surface area contributed by atoms with E-state index in [9.17, 15) is 4.79 Å². The molecule has 0 unspecified atom stereocenters. The topological polar surface area (TPSA) is 60.3 Å². The standard InChI is InChI=1S/C16H20N4O2/c1-13-16(21)20(8-7-19-9-11-22-12-10-19)18-15(17-13)14-5-3-2-4-6-14/h2-6H,7-12H2,1H3. The summed E-state index contributed by atoms with van der Waals surface area (Å²) in [4.78, 5) is 18.8. The molecule has 0 bridgehead atoms. The first-order valence-corrected chi connectivity index (χ1v) is 7.55. The van der Waals surface area contributed by atoms with Crippen LogP contribution in [0.4, 0.5) is 0 Å². The average Bonchev–Trinajstić information content (AvgIpc) is 2.58. The van der Waals surface area contributed by atoms with E-state index in [1.807, 2.05) is 30.3 Å². The monoisotopic (exact) mass is 300 g/mol. The zero-order valence-electron chi connectivity index (χ0n) is 12.7. The van der Waals surface area contributed by atoms with E-state index in [0.29, 0.717) is 18.1 Å². The molecule has 2 heterocycles. The molecule has 0 amide bonds. The normalized spacial score (nSPS) is 15.9. The van der Waals surface area contributed by atoms with E-state index < -0.39 is 0 Å². The number of nitrogens with zero attached hydrogens (tertiary/aromatic N) is 4. The van der Waals surface area contributed by atoms with Gasteiger partial charge in [-0.3, -0.25) is 9.69 Å². The molecule has 1 aromatic heterocycles. The van der Waals surface area contributed by atoms with Crippen molar-refractivity contribution in [1.82, 2.24) is 19.7 Å². The third-order valence-corrected chi connectivity index (χ3v) is 3.80. The predicted molar refractivity (Wildman–Crippen MR) is 83.7 cm³/mol. The summed E-state index contributed by atoms with van der Waals surface area (Å²) in [5, 5.41) is 4.42. The van der Waals surface area contributed by atoms with Gasteiger partial charge in [-0.2, -0.15) is 0 Å². The van der Waals surface area contributed by atoms with Gasteiger partial charge in [0.2, 0.25) is 0 Å². The zero-order valence-corrected chi connectivity index (χ0v) is 12.7. The maximum Gasteiger partial charge on any atom is 0.288 e. The summed E-state index contributed by atoms with van der Waals surface area (Å²) in [6, 6.07) is 9.73. The molecule has 0 atom stereocenters. The van der Waals surface area contributed by atoms with Gasteiger partial charge in [0.25, 0.3) is 5.56 Å². The van der Waals surface area contributed by atoms with Gasteiger partial charge >= 0.3 is 0 Å². The van der Waals surface area contributed by atoms with Gasteiger partial charge in [0, 0.05) is 25.2 Å². The van der Waals surface area contributed by atoms with Gasteiger partial charge in [0.15, 0.2) is 5.82 Å². The molecule has 0 N–H and O–H groups in total. The SMILES string of the molecule is Cc1nc(-c2ccccc2)nn(CCN2CCOCC2)c1=O. The van der Waals surface area contributed by atoms with Crippen molar-refractivity contribution in [2.24, 2.45) is 0 Å². The molecule has 1 aliphatic heterocycles. The molecule has 1 saturated heterocycles. The second-order valence-electron chi connectivity index (χ2n) is 5.37. The highest BCUT2D eigenvalue weighted by Crippen LogP contribution is 2.12. The first-order valence-electron chi connectivity index (χ1n) is 7.55. The number of aryl methyl sites for hydroxylation is 1. The van der Waals surface area contributed by atoms with Crippen molar-refractivity contribution in [2.75, 3.05) is 32.8 Å². The van der Waals surface area contributed by atoms with E-state index in [1.165, 1.54) is 4.68 Å². The number of hydrogen-bond acceptors (Lipinski definition) is 5. The number of morpholine rings is 1. The summed E-state index contributed by atoms with van der Waals surface area (Å²) in [5.74, 6) is 0.597. The first-order chi connectivity index (χ1) is 10.7. The fourth-order valence-corrected chi connectivity index (χ4v) is 2.50. The number of aromatic nitrogens is 3. The lowest BCUT2D eigenvalue weighted by molar-refractivity contribution is 0.0358. The van der Waals surface area contributed by atoms with Crippen LogP contribution in [0.2, 0.25) is 0 Å². The third-order valence-electron chi connectivity index (χ3n) is 3.80. The molecule has 0 aliphatic carbocycles. The fraction of sp³-hybridized carbons (Fsp3) is 0.438. The van der Waals surface area contributed by atoms with Crippen LogP contribution in [0.15, 0.2) is 35.1 Å². The number of benzene rings is 1. The molecule has 0 radical (unpaired) electrons. The maximum absolute atomic E-state index is 12.2. The molecular formula is C16H20N4O2. The molecule has 0 spiro atoms. The van der Waals surface area contributed by atoms with Gasteiger partial charge in [0.1, 0.15) is 5.69 Å². The molecule has 22 heavy (non-hydrogen) atoms. The Morgan fingerprint density at radius 2 is 1.86 bits per heavy atom. The Morgan fingerprint density at radius 3 is 2.59 bits per heavy atom. The van der Waals surface area contributed by atoms with Crippen LogP contribution < -0.4 is 5.56 Å². The molecule has 1 aliphatic rings. The summed E-state index contributed by atoms with van der Waals surface area (Å²) in [6.45, 7) is 6.44. The van der Waals surface area contributed by atoms with E-state index in [-0.39, 0.29) is 5.56 Å². The summed E-state index contributed by atoms with van der Waals surface area (Å²) in [5.41, 5.74) is 1.29. The quantitative estimate of drug-likeness (QED) is 0.841. The minimum atomic E-state index is -0.118. The Kier molecular flexibility index (Phi) is 4.60. The van der Waals surface area contributed by atoms with Crippen LogP contribution in [0.1, 0.15) is 5.69 Å². The van der Waals surface area contributed by atoms with Crippen LogP contribution in [-0.2, 0) is 11.3 Å². The van der Waals surface area contributed by atoms with Crippen molar-refractivity contribution in [3.63, 3.8) is 0 Å². The summed E-state index contributed by atoms with van der Waals surface area (Å²) >= 11 is 0. The van der Waals surface area contributed by atoms with Crippen LogP contribution in [-0.4, -0.2) is 52.5 Å². The molecule has 0 saturated carbocycles. The molecule has 2 aromatic rings. The number of rotatable bonds is 4. The molecule has 6 heteroatoms. The Hall–Kier alpha value is -2.05. The lowest BCUT2D eigenvalue weighted by Crippen LogP contribution is -2.40. The van der Waals surface area contributed by atoms with E-state index in [4.69, 9.17) is 4.74 Å². The molecule has 1 fully saturated rings. The highest BCUT2D eigenvalue weighted by molar-refractivity contribution is 5.53. The summed E-state index contributed by atoms with van der Waals surface area (Å²) in [7, 11) is 0. The molecule has 116 valence electrons. The smallest absolute Gasteiger partial charge is 0.288 e. The van der Waals surface area contributed by atoms with Crippen molar-refractivity contribution in [3.8, 4) is 11.4 Å². The van der Waals surface area contributed by atoms with Gasteiger partial charge in [-0.05, 0) is 6.92 Å². The van der Waals surface area contributed by atoms with E-state index in [0.717, 1.165) is 38.4 Å². The van der Waals surface area contributed by atoms with Crippen molar-refractivity contribution in [3.05, 3.63) is 46.4 Å². The third kappa shape index (κ3) is 3.40. The minimum Gasteiger partial charge on any atom is -0.379 e. The highest BCUT2D eigenvalue weighted by atomic mass is 16.5. The Balaban J connectivity index is 1.81. The Morgan fingerprint density at radius 1 is 1.14 bits per heavy atom. The molecular weight excluding hydrogens is 280 g/mol. The van der Waals surface area contributed by atoms with E-state index in [1.54, 1.807) is 6.92 Å². The fourth-order valence-electron chi connectivity index (χ4n) is 2.50. The van der Waals surface area contributed by atoms with E-state index >= 15 is 0 Å². The van der Waals surface area contributed by atoms with Crippen LogP contribution in [0, 0.1) is 6.92 Å². The molecule has 1 aromatic carbocycles. The van der Waals surface area contributed by atoms with Crippen LogP contribution in [0.25, 0.3) is 11.4 Å². The predicted octanol–water partition coefficient (Wildman–Crippen LogP) is 0.946. The van der Waals surface area contributed by atoms with Gasteiger partial charge in [-0.1, -0.05) is 30.3 Å². The van der Waals surface area contributed by atoms with Crippen LogP contribution in [0.5, 0.6) is 0 Å². The van der Waals surface area contributed by atoms with Gasteiger partial charge in [-0.15, -0.1) is 5.10 Å². The minimum absolute atomic E-state index is 0.118. The lowest BCUT2D eigenvalue weighted by atomic mass is 10.2. The van der Waals surface area contributed by atoms with Crippen LogP contribution >= 0.6 is 0 Å². The van der Waals surface area contributed by atoms with Gasteiger partial charge < -0.3 is 4.74 Å². The van der Waals surface area contributed by atoms with Crippen LogP contribution in [0.3, 0.4) is 0 Å². The second-order valence-corrected chi connectivity index (χ2v) is 5.37. The van der Waals surface area contributed by atoms with Crippen molar-refractivity contribution < 1.29 is 4.74 Å². The van der Waals surface area contributed by atoms with E-state index in [2.05, 4.69) is 15.0 Å². The largest absolute Gasteiger partial charge is 0.379 e. The van der Waals surface area contributed by atoms with Crippen molar-refractivity contribution in [1.29, 1.82) is 0 Å². The number of hydrogen-bond donors (Lipinski definition) is 0. The average molecular weight is 300 g/mol. The van der Waals surface area contributed by atoms with Gasteiger partial charge in [0.05, 0.1) is 19.8 Å².